The van der Waals surface area contributed by atoms with E-state index in [2.05, 4.69) is 34.6 Å². The predicted octanol–water partition coefficient (Wildman–Crippen LogP) is 11.4. The van der Waals surface area contributed by atoms with Crippen molar-refractivity contribution in [1.29, 1.82) is 0 Å². The number of unbranched alkanes of at least 4 members (excludes halogenated alkanes) is 7. The second-order valence-corrected chi connectivity index (χ2v) is 18.4. The van der Waals surface area contributed by atoms with Crippen LogP contribution >= 0.6 is 0 Å². The molecule has 1 aromatic carbocycles. The Hall–Kier alpha value is -3.11. The van der Waals surface area contributed by atoms with Crippen LogP contribution in [0.3, 0.4) is 0 Å². The van der Waals surface area contributed by atoms with E-state index in [1.165, 1.54) is 51.4 Å². The van der Waals surface area contributed by atoms with Gasteiger partial charge in [-0.3, -0.25) is 9.59 Å². The number of rotatable bonds is 26. The van der Waals surface area contributed by atoms with Crippen molar-refractivity contribution in [3.05, 3.63) is 35.3 Å². The Morgan fingerprint density at radius 3 is 1.96 bits per heavy atom. The van der Waals surface area contributed by atoms with Crippen LogP contribution in [-0.4, -0.2) is 53.2 Å². The summed E-state index contributed by atoms with van der Waals surface area (Å²) in [7, 11) is 0. The molecule has 0 aromatic heterocycles. The van der Waals surface area contributed by atoms with Crippen LogP contribution in [0.4, 0.5) is 0 Å². The van der Waals surface area contributed by atoms with Gasteiger partial charge in [-0.05, 0) is 101 Å². The molecule has 5 atom stereocenters. The summed E-state index contributed by atoms with van der Waals surface area (Å²) in [4.78, 5) is 37.0. The van der Waals surface area contributed by atoms with Crippen LogP contribution in [0.2, 0.25) is 0 Å². The first-order valence-corrected chi connectivity index (χ1v) is 22.3. The van der Waals surface area contributed by atoms with Gasteiger partial charge in [0.2, 0.25) is 11.5 Å². The third-order valence-electron chi connectivity index (χ3n) is 11.8. The third kappa shape index (κ3) is 16.2. The Kier molecular flexibility index (Phi) is 18.7. The van der Waals surface area contributed by atoms with E-state index < -0.39 is 35.7 Å². The molecule has 0 amide bonds. The molecule has 57 heavy (non-hydrogen) atoms. The van der Waals surface area contributed by atoms with E-state index in [0.717, 1.165) is 93.3 Å². The van der Waals surface area contributed by atoms with Crippen LogP contribution in [0.25, 0.3) is 0 Å². The second-order valence-electron chi connectivity index (χ2n) is 18.4. The highest BCUT2D eigenvalue weighted by Gasteiger charge is 2.48. The molecular weight excluding hydrogens is 725 g/mol. The van der Waals surface area contributed by atoms with Crippen molar-refractivity contribution in [2.24, 2.45) is 17.8 Å². The highest BCUT2D eigenvalue weighted by Crippen LogP contribution is 2.38. The number of benzene rings is 1. The molecule has 0 bridgehead atoms. The molecule has 0 saturated carbocycles. The fraction of sp³-hybridized carbons (Fsp3) is 0.766. The number of aryl methyl sites for hydroxylation is 1. The number of ether oxygens (including phenoxy) is 6. The lowest BCUT2D eigenvalue weighted by molar-refractivity contribution is -0.165. The van der Waals surface area contributed by atoms with Gasteiger partial charge in [0.25, 0.3) is 0 Å². The lowest BCUT2D eigenvalue weighted by Gasteiger charge is -2.36. The van der Waals surface area contributed by atoms with Gasteiger partial charge in [-0.2, -0.15) is 0 Å². The van der Waals surface area contributed by atoms with Crippen LogP contribution in [0, 0.1) is 17.8 Å². The maximum Gasteiger partial charge on any atom is 0.378 e. The average molecular weight is 799 g/mol. The van der Waals surface area contributed by atoms with E-state index in [1.807, 2.05) is 18.2 Å². The van der Waals surface area contributed by atoms with Gasteiger partial charge >= 0.3 is 17.9 Å². The summed E-state index contributed by atoms with van der Waals surface area (Å²) in [6, 6.07) is 5.80. The Labute approximate surface area is 343 Å². The summed E-state index contributed by atoms with van der Waals surface area (Å²) >= 11 is 0. The van der Waals surface area contributed by atoms with Crippen molar-refractivity contribution >= 4 is 17.9 Å². The molecule has 3 heterocycles. The van der Waals surface area contributed by atoms with Gasteiger partial charge in [0.1, 0.15) is 23.2 Å². The molecule has 4 rings (SSSR count). The van der Waals surface area contributed by atoms with Crippen molar-refractivity contribution in [3.63, 3.8) is 0 Å². The fourth-order valence-corrected chi connectivity index (χ4v) is 8.24. The van der Waals surface area contributed by atoms with E-state index >= 15 is 0 Å². The SMILES string of the molecule is CC(C)CCC[C@@H](C)CCC[C@@H](C)CCC[C@]1(C)CCc2cc(OC(=O)CCCCCCCCCCC(=O)OC3=C(O)C(=O)O[C@@H]3C3COC(C)(C)O3)ccc2O1. The number of aliphatic hydroxyl groups is 1. The minimum Gasteiger partial charge on any atom is -0.499 e. The van der Waals surface area contributed by atoms with E-state index in [0.29, 0.717) is 18.6 Å². The molecule has 0 spiro atoms. The molecule has 10 heteroatoms. The summed E-state index contributed by atoms with van der Waals surface area (Å²) in [5.74, 6) is 0.507. The zero-order valence-electron chi connectivity index (χ0n) is 36.3. The van der Waals surface area contributed by atoms with Crippen LogP contribution in [-0.2, 0) is 39.8 Å². The number of esters is 3. The number of carbonyl (C=O) groups excluding carboxylic acids is 3. The summed E-state index contributed by atoms with van der Waals surface area (Å²) in [6.45, 7) is 15.3. The second kappa shape index (κ2) is 22.9. The zero-order valence-corrected chi connectivity index (χ0v) is 36.3. The molecular formula is C47H74O10. The molecule has 0 aliphatic carbocycles. The van der Waals surface area contributed by atoms with E-state index in [-0.39, 0.29) is 30.4 Å². The minimum absolute atomic E-state index is 0.146. The Bertz CT molecular complexity index is 1470. The van der Waals surface area contributed by atoms with Crippen LogP contribution in [0.5, 0.6) is 11.5 Å². The van der Waals surface area contributed by atoms with Crippen LogP contribution < -0.4 is 9.47 Å². The Morgan fingerprint density at radius 1 is 0.789 bits per heavy atom. The number of hydrogen-bond acceptors (Lipinski definition) is 10. The largest absolute Gasteiger partial charge is 0.499 e. The monoisotopic (exact) mass is 799 g/mol. The Balaban J connectivity index is 1.00. The summed E-state index contributed by atoms with van der Waals surface area (Å²) in [6.07, 6.45) is 19.8. The van der Waals surface area contributed by atoms with E-state index in [4.69, 9.17) is 28.4 Å². The van der Waals surface area contributed by atoms with Crippen molar-refractivity contribution in [2.75, 3.05) is 6.61 Å². The van der Waals surface area contributed by atoms with E-state index in [1.54, 1.807) is 13.8 Å². The van der Waals surface area contributed by atoms with Gasteiger partial charge in [0, 0.05) is 12.8 Å². The van der Waals surface area contributed by atoms with Crippen molar-refractivity contribution < 1.29 is 47.9 Å². The molecule has 0 radical (unpaired) electrons. The molecule has 1 unspecified atom stereocenters. The summed E-state index contributed by atoms with van der Waals surface area (Å²) in [5, 5.41) is 10.1. The predicted molar refractivity (Wildman–Crippen MR) is 221 cm³/mol. The topological polar surface area (TPSA) is 127 Å². The molecule has 3 aliphatic rings. The third-order valence-corrected chi connectivity index (χ3v) is 11.8. The molecule has 1 aromatic rings. The first-order chi connectivity index (χ1) is 27.1. The lowest BCUT2D eigenvalue weighted by atomic mass is 9.86. The quantitative estimate of drug-likeness (QED) is 0.0549. The zero-order chi connectivity index (χ0) is 41.4. The first-order valence-electron chi connectivity index (χ1n) is 22.3. The number of cyclic esters (lactones) is 1. The van der Waals surface area contributed by atoms with Gasteiger partial charge in [-0.1, -0.05) is 111 Å². The van der Waals surface area contributed by atoms with Crippen LogP contribution in [0.1, 0.15) is 182 Å². The molecule has 322 valence electrons. The van der Waals surface area contributed by atoms with Gasteiger partial charge in [-0.25, -0.2) is 4.79 Å². The highest BCUT2D eigenvalue weighted by atomic mass is 16.8. The number of carbonyl (C=O) groups is 3. The van der Waals surface area contributed by atoms with Gasteiger partial charge in [0.15, 0.2) is 11.9 Å². The van der Waals surface area contributed by atoms with Crippen molar-refractivity contribution in [3.8, 4) is 11.5 Å². The maximum atomic E-state index is 12.6. The number of aliphatic hydroxyl groups excluding tert-OH is 1. The average Bonchev–Trinajstić information content (AvgIpc) is 3.65. The number of hydrogen-bond donors (Lipinski definition) is 1. The lowest BCUT2D eigenvalue weighted by Crippen LogP contribution is -2.36. The maximum absolute atomic E-state index is 12.6. The number of fused-ring (bicyclic) bond motifs is 1. The fourth-order valence-electron chi connectivity index (χ4n) is 8.24. The molecule has 1 fully saturated rings. The van der Waals surface area contributed by atoms with Crippen molar-refractivity contribution in [1.82, 2.24) is 0 Å². The molecule has 1 saturated heterocycles. The van der Waals surface area contributed by atoms with Crippen molar-refractivity contribution in [2.45, 2.75) is 207 Å². The Morgan fingerprint density at radius 2 is 1.37 bits per heavy atom. The summed E-state index contributed by atoms with van der Waals surface area (Å²) in [5.41, 5.74) is 0.969. The van der Waals surface area contributed by atoms with E-state index in [9.17, 15) is 19.5 Å². The molecule has 10 nitrogen and oxygen atoms in total. The minimum atomic E-state index is -1.02. The molecule has 1 N–H and O–H groups in total. The highest BCUT2D eigenvalue weighted by molar-refractivity contribution is 5.90. The van der Waals surface area contributed by atoms with Crippen LogP contribution in [0.15, 0.2) is 29.7 Å². The normalized spacial score (nSPS) is 22.6. The smallest absolute Gasteiger partial charge is 0.378 e. The van der Waals surface area contributed by atoms with Gasteiger partial charge in [0.05, 0.1) is 6.61 Å². The summed E-state index contributed by atoms with van der Waals surface area (Å²) < 4.78 is 34.0. The molecule has 3 aliphatic heterocycles. The van der Waals surface area contributed by atoms with Gasteiger partial charge in [-0.15, -0.1) is 0 Å². The first kappa shape index (κ1) is 46.6. The van der Waals surface area contributed by atoms with Gasteiger partial charge < -0.3 is 33.5 Å². The standard InChI is InChI=1S/C47H74O10/c1-33(2)19-16-20-34(3)21-17-22-35(4)23-18-29-47(7)30-28-36-31-37(26-27-38(36)57-47)53-40(48)24-14-12-10-8-9-11-13-15-25-41(49)54-44-42(50)45(51)55-43(44)39-32-52-46(5,6)56-39/h26-27,31,33-35,39,43,50H,8-25,28-30,32H2,1-7H3/t34-,35-,39?,43-,47-/m1/s1.